The van der Waals surface area contributed by atoms with E-state index in [1.54, 1.807) is 37.3 Å². The summed E-state index contributed by atoms with van der Waals surface area (Å²) in [6.07, 6.45) is 0. The minimum Gasteiger partial charge on any atom is -0.346 e. The van der Waals surface area contributed by atoms with Gasteiger partial charge >= 0.3 is 0 Å². The van der Waals surface area contributed by atoms with Crippen LogP contribution in [0.15, 0.2) is 77.7 Å². The zero-order chi connectivity index (χ0) is 21.0. The molecular weight excluding hydrogens is 384 g/mol. The first kappa shape index (κ1) is 20.6. The lowest BCUT2D eigenvalue weighted by molar-refractivity contribution is 0.0940. The van der Waals surface area contributed by atoms with Gasteiger partial charge in [-0.3, -0.25) is 9.52 Å². The van der Waals surface area contributed by atoms with Crippen LogP contribution < -0.4 is 10.0 Å². The molecule has 0 aliphatic heterocycles. The van der Waals surface area contributed by atoms with Gasteiger partial charge in [-0.2, -0.15) is 0 Å². The van der Waals surface area contributed by atoms with Crippen molar-refractivity contribution in [3.05, 3.63) is 95.1 Å². The molecule has 2 N–H and O–H groups in total. The molecular formula is C23H24N2O3S. The van der Waals surface area contributed by atoms with Gasteiger partial charge < -0.3 is 5.32 Å². The molecule has 3 aromatic carbocycles. The third-order valence-corrected chi connectivity index (χ3v) is 6.18. The molecule has 0 radical (unpaired) electrons. The Morgan fingerprint density at radius 1 is 0.897 bits per heavy atom. The summed E-state index contributed by atoms with van der Waals surface area (Å²) < 4.78 is 28.2. The van der Waals surface area contributed by atoms with E-state index < -0.39 is 10.0 Å². The quantitative estimate of drug-likeness (QED) is 0.626. The Morgan fingerprint density at radius 3 is 2.34 bits per heavy atom. The molecule has 0 aliphatic carbocycles. The molecule has 3 rings (SSSR count). The molecule has 0 heterocycles. The monoisotopic (exact) mass is 408 g/mol. The fraction of sp³-hybridized carbons (Fsp3) is 0.174. The van der Waals surface area contributed by atoms with Crippen LogP contribution in [0.25, 0.3) is 0 Å². The summed E-state index contributed by atoms with van der Waals surface area (Å²) in [4.78, 5) is 12.9. The molecule has 1 unspecified atom stereocenters. The van der Waals surface area contributed by atoms with E-state index in [-0.39, 0.29) is 16.8 Å². The molecule has 0 bridgehead atoms. The second kappa shape index (κ2) is 8.49. The number of carbonyl (C=O) groups is 1. The van der Waals surface area contributed by atoms with E-state index in [0.717, 1.165) is 11.1 Å². The third kappa shape index (κ3) is 5.03. The highest BCUT2D eigenvalue weighted by molar-refractivity contribution is 7.92. The Bertz CT molecular complexity index is 1130. The third-order valence-electron chi connectivity index (χ3n) is 4.66. The highest BCUT2D eigenvalue weighted by Gasteiger charge is 2.18. The molecule has 0 aliphatic rings. The molecule has 0 saturated heterocycles. The van der Waals surface area contributed by atoms with Gasteiger partial charge in [0.25, 0.3) is 15.9 Å². The first-order valence-electron chi connectivity index (χ1n) is 9.32. The van der Waals surface area contributed by atoms with Gasteiger partial charge in [0, 0.05) is 11.3 Å². The zero-order valence-electron chi connectivity index (χ0n) is 16.6. The summed E-state index contributed by atoms with van der Waals surface area (Å²) >= 11 is 0. The average Bonchev–Trinajstić information content (AvgIpc) is 2.70. The van der Waals surface area contributed by atoms with Crippen LogP contribution in [0.3, 0.4) is 0 Å². The van der Waals surface area contributed by atoms with Crippen molar-refractivity contribution >= 4 is 21.6 Å². The molecule has 29 heavy (non-hydrogen) atoms. The standard InChI is InChI=1S/C23H24N2O3S/c1-16-12-13-17(2)22(14-16)29(27,28)25-21-11-7-10-20(15-21)23(26)24-18(3)19-8-5-4-6-9-19/h4-15,18,25H,1-3H3,(H,24,26). The van der Waals surface area contributed by atoms with Crippen LogP contribution in [-0.4, -0.2) is 14.3 Å². The number of sulfonamides is 1. The predicted octanol–water partition coefficient (Wildman–Crippen LogP) is 4.60. The number of aryl methyl sites for hydroxylation is 2. The first-order chi connectivity index (χ1) is 13.8. The largest absolute Gasteiger partial charge is 0.346 e. The van der Waals surface area contributed by atoms with E-state index in [2.05, 4.69) is 10.0 Å². The molecule has 150 valence electrons. The summed E-state index contributed by atoms with van der Waals surface area (Å²) in [6.45, 7) is 5.50. The summed E-state index contributed by atoms with van der Waals surface area (Å²) in [7, 11) is -3.76. The smallest absolute Gasteiger partial charge is 0.262 e. The summed E-state index contributed by atoms with van der Waals surface area (Å²) in [6, 6.07) is 21.2. The van der Waals surface area contributed by atoms with Crippen molar-refractivity contribution in [1.82, 2.24) is 5.32 Å². The highest BCUT2D eigenvalue weighted by atomic mass is 32.2. The van der Waals surface area contributed by atoms with Crippen molar-refractivity contribution in [3.63, 3.8) is 0 Å². The molecule has 0 aromatic heterocycles. The van der Waals surface area contributed by atoms with E-state index in [0.29, 0.717) is 16.8 Å². The van der Waals surface area contributed by atoms with Gasteiger partial charge in [0.15, 0.2) is 0 Å². The van der Waals surface area contributed by atoms with Crippen LogP contribution in [0.4, 0.5) is 5.69 Å². The maximum Gasteiger partial charge on any atom is 0.262 e. The molecule has 1 atom stereocenters. The maximum absolute atomic E-state index is 12.8. The van der Waals surface area contributed by atoms with E-state index in [1.165, 1.54) is 6.07 Å². The second-order valence-electron chi connectivity index (χ2n) is 7.06. The molecule has 0 spiro atoms. The second-order valence-corrected chi connectivity index (χ2v) is 8.71. The van der Waals surface area contributed by atoms with E-state index in [4.69, 9.17) is 0 Å². The van der Waals surface area contributed by atoms with E-state index >= 15 is 0 Å². The molecule has 1 amide bonds. The van der Waals surface area contributed by atoms with E-state index in [9.17, 15) is 13.2 Å². The van der Waals surface area contributed by atoms with Crippen molar-refractivity contribution < 1.29 is 13.2 Å². The van der Waals surface area contributed by atoms with Crippen molar-refractivity contribution in [2.75, 3.05) is 4.72 Å². The number of rotatable bonds is 6. The first-order valence-corrected chi connectivity index (χ1v) is 10.8. The van der Waals surface area contributed by atoms with Crippen LogP contribution in [0.5, 0.6) is 0 Å². The van der Waals surface area contributed by atoms with Gasteiger partial charge in [0.1, 0.15) is 0 Å². The number of amides is 1. The minimum atomic E-state index is -3.76. The van der Waals surface area contributed by atoms with Crippen molar-refractivity contribution in [2.24, 2.45) is 0 Å². The molecule has 0 saturated carbocycles. The van der Waals surface area contributed by atoms with Crippen LogP contribution in [0, 0.1) is 13.8 Å². The number of anilines is 1. The summed E-state index contributed by atoms with van der Waals surface area (Å²) in [5, 5.41) is 2.93. The Hall–Kier alpha value is -3.12. The van der Waals surface area contributed by atoms with Gasteiger partial charge in [-0.15, -0.1) is 0 Å². The molecule has 3 aromatic rings. The Balaban J connectivity index is 1.79. The summed E-state index contributed by atoms with van der Waals surface area (Å²) in [5.41, 5.74) is 3.24. The van der Waals surface area contributed by atoms with Gasteiger partial charge in [-0.1, -0.05) is 48.5 Å². The van der Waals surface area contributed by atoms with Crippen LogP contribution in [-0.2, 0) is 10.0 Å². The SMILES string of the molecule is Cc1ccc(C)c(S(=O)(=O)Nc2cccc(C(=O)NC(C)c3ccccc3)c2)c1. The number of carbonyl (C=O) groups excluding carboxylic acids is 1. The highest BCUT2D eigenvalue weighted by Crippen LogP contribution is 2.21. The molecule has 0 fully saturated rings. The fourth-order valence-corrected chi connectivity index (χ4v) is 4.42. The summed E-state index contributed by atoms with van der Waals surface area (Å²) in [5.74, 6) is -0.269. The lowest BCUT2D eigenvalue weighted by atomic mass is 10.1. The van der Waals surface area contributed by atoms with Crippen LogP contribution in [0.1, 0.15) is 40.0 Å². The van der Waals surface area contributed by atoms with Crippen LogP contribution in [0.2, 0.25) is 0 Å². The Kier molecular flexibility index (Phi) is 6.03. The number of benzene rings is 3. The topological polar surface area (TPSA) is 75.3 Å². The minimum absolute atomic E-state index is 0.168. The molecule has 6 heteroatoms. The Morgan fingerprint density at radius 2 is 1.62 bits per heavy atom. The lowest BCUT2D eigenvalue weighted by Gasteiger charge is -2.15. The number of hydrogen-bond acceptors (Lipinski definition) is 3. The van der Waals surface area contributed by atoms with Gasteiger partial charge in [-0.05, 0) is 61.7 Å². The number of nitrogens with one attached hydrogen (secondary N) is 2. The van der Waals surface area contributed by atoms with Gasteiger partial charge in [-0.25, -0.2) is 8.42 Å². The Labute approximate surface area is 171 Å². The fourth-order valence-electron chi connectivity index (χ4n) is 3.04. The molecule has 5 nitrogen and oxygen atoms in total. The number of hydrogen-bond donors (Lipinski definition) is 2. The lowest BCUT2D eigenvalue weighted by Crippen LogP contribution is -2.26. The van der Waals surface area contributed by atoms with Gasteiger partial charge in [0.05, 0.1) is 10.9 Å². The van der Waals surface area contributed by atoms with Gasteiger partial charge in [0.2, 0.25) is 0 Å². The maximum atomic E-state index is 12.8. The van der Waals surface area contributed by atoms with Crippen LogP contribution >= 0.6 is 0 Å². The van der Waals surface area contributed by atoms with Crippen molar-refractivity contribution in [2.45, 2.75) is 31.7 Å². The van der Waals surface area contributed by atoms with Crippen molar-refractivity contribution in [1.29, 1.82) is 0 Å². The predicted molar refractivity (Wildman–Crippen MR) is 115 cm³/mol. The zero-order valence-corrected chi connectivity index (χ0v) is 17.5. The average molecular weight is 409 g/mol. The van der Waals surface area contributed by atoms with Crippen molar-refractivity contribution in [3.8, 4) is 0 Å². The normalized spacial score (nSPS) is 12.2. The van der Waals surface area contributed by atoms with E-state index in [1.807, 2.05) is 50.2 Å².